The standard InChI is InChI=1S/C12H28O9P2/c1-3-20-23(16,21-4-2)12-10-19-8-6-17-5-7-18-9-11-22(13,14)15/h3-12H2,1-2H3,(H2,13,14,15)/p-2. The molecule has 0 N–H and O–H groups in total. The molecule has 0 aromatic rings. The van der Waals surface area contributed by atoms with Crippen molar-refractivity contribution in [1.82, 2.24) is 0 Å². The Labute approximate surface area is 137 Å². The summed E-state index contributed by atoms with van der Waals surface area (Å²) in [6.45, 7) is 5.32. The lowest BCUT2D eigenvalue weighted by molar-refractivity contribution is -0.313. The summed E-state index contributed by atoms with van der Waals surface area (Å²) in [5, 5.41) is 0. The van der Waals surface area contributed by atoms with Gasteiger partial charge in [-0.15, -0.1) is 0 Å². The largest absolute Gasteiger partial charge is 0.811 e. The Bertz CT molecular complexity index is 362. The molecule has 0 aromatic heterocycles. The second-order valence-electron chi connectivity index (χ2n) is 4.34. The minimum absolute atomic E-state index is 0.131. The second-order valence-corrected chi connectivity index (χ2v) is 8.20. The van der Waals surface area contributed by atoms with Crippen LogP contribution in [0.5, 0.6) is 0 Å². The fourth-order valence-electron chi connectivity index (χ4n) is 1.45. The lowest BCUT2D eigenvalue weighted by atomic mass is 10.7. The van der Waals surface area contributed by atoms with Crippen LogP contribution >= 0.6 is 15.2 Å². The molecule has 0 spiro atoms. The third-order valence-electron chi connectivity index (χ3n) is 2.41. The van der Waals surface area contributed by atoms with E-state index in [0.29, 0.717) is 26.4 Å². The first-order valence-electron chi connectivity index (χ1n) is 7.45. The lowest BCUT2D eigenvalue weighted by Crippen LogP contribution is -2.20. The van der Waals surface area contributed by atoms with Crippen LogP contribution < -0.4 is 9.79 Å². The highest BCUT2D eigenvalue weighted by molar-refractivity contribution is 7.53. The van der Waals surface area contributed by atoms with Gasteiger partial charge < -0.3 is 37.6 Å². The predicted octanol–water partition coefficient (Wildman–Crippen LogP) is 0.216. The Morgan fingerprint density at radius 3 is 1.48 bits per heavy atom. The minimum Gasteiger partial charge on any atom is -0.811 e. The molecule has 0 unspecified atom stereocenters. The van der Waals surface area contributed by atoms with Crippen molar-refractivity contribution in [3.8, 4) is 0 Å². The van der Waals surface area contributed by atoms with E-state index in [4.69, 9.17) is 23.3 Å². The average Bonchev–Trinajstić information content (AvgIpc) is 2.44. The summed E-state index contributed by atoms with van der Waals surface area (Å²) in [5.74, 6) is 0. The molecular weight excluding hydrogens is 350 g/mol. The summed E-state index contributed by atoms with van der Waals surface area (Å²) in [7, 11) is -7.56. The maximum Gasteiger partial charge on any atom is 0.332 e. The first kappa shape index (κ1) is 23.2. The summed E-state index contributed by atoms with van der Waals surface area (Å²) in [6, 6.07) is 0. The van der Waals surface area contributed by atoms with E-state index in [9.17, 15) is 18.9 Å². The molecule has 0 aliphatic rings. The van der Waals surface area contributed by atoms with Gasteiger partial charge in [0.05, 0.1) is 59.0 Å². The van der Waals surface area contributed by atoms with E-state index in [1.807, 2.05) is 0 Å². The SMILES string of the molecule is CCOP(=O)(CCOCCOCCOCCP(=O)([O-])[O-])OCC. The van der Waals surface area contributed by atoms with E-state index in [0.717, 1.165) is 0 Å². The van der Waals surface area contributed by atoms with Crippen LogP contribution in [0.25, 0.3) is 0 Å². The van der Waals surface area contributed by atoms with Crippen LogP contribution in [-0.4, -0.2) is 65.2 Å². The van der Waals surface area contributed by atoms with E-state index < -0.39 is 21.4 Å². The third kappa shape index (κ3) is 15.4. The minimum atomic E-state index is -4.49. The maximum absolute atomic E-state index is 12.1. The molecule has 0 atom stereocenters. The molecule has 9 nitrogen and oxygen atoms in total. The van der Waals surface area contributed by atoms with Gasteiger partial charge in [0, 0.05) is 0 Å². The van der Waals surface area contributed by atoms with Crippen LogP contribution in [0, 0.1) is 0 Å². The van der Waals surface area contributed by atoms with Crippen molar-refractivity contribution >= 4 is 15.2 Å². The summed E-state index contributed by atoms with van der Waals surface area (Å²) in [6.07, 6.45) is -0.335. The second kappa shape index (κ2) is 13.5. The van der Waals surface area contributed by atoms with Crippen molar-refractivity contribution in [2.45, 2.75) is 13.8 Å². The first-order valence-corrected chi connectivity index (χ1v) is 10.9. The highest BCUT2D eigenvalue weighted by atomic mass is 31.2. The molecule has 0 amide bonds. The zero-order chi connectivity index (χ0) is 17.6. The monoisotopic (exact) mass is 376 g/mol. The quantitative estimate of drug-likeness (QED) is 0.274. The third-order valence-corrected chi connectivity index (χ3v) is 5.18. The van der Waals surface area contributed by atoms with Crippen LogP contribution in [0.1, 0.15) is 13.8 Å². The normalized spacial score (nSPS) is 12.7. The molecule has 0 heterocycles. The van der Waals surface area contributed by atoms with Gasteiger partial charge in [0.25, 0.3) is 0 Å². The topological polar surface area (TPSA) is 126 Å². The van der Waals surface area contributed by atoms with Crippen LogP contribution in [-0.2, 0) is 32.4 Å². The van der Waals surface area contributed by atoms with Crippen molar-refractivity contribution < 1.29 is 42.2 Å². The Kier molecular flexibility index (Phi) is 13.6. The number of hydrogen-bond acceptors (Lipinski definition) is 9. The molecule has 0 radical (unpaired) electrons. The van der Waals surface area contributed by atoms with Crippen molar-refractivity contribution in [2.24, 2.45) is 0 Å². The van der Waals surface area contributed by atoms with E-state index >= 15 is 0 Å². The van der Waals surface area contributed by atoms with Crippen LogP contribution in [0.3, 0.4) is 0 Å². The summed E-state index contributed by atoms with van der Waals surface area (Å²) < 4.78 is 48.0. The molecule has 23 heavy (non-hydrogen) atoms. The number of hydrogen-bond donors (Lipinski definition) is 0. The van der Waals surface area contributed by atoms with E-state index in [1.54, 1.807) is 13.8 Å². The maximum atomic E-state index is 12.1. The molecule has 140 valence electrons. The van der Waals surface area contributed by atoms with Crippen LogP contribution in [0.15, 0.2) is 0 Å². The zero-order valence-electron chi connectivity index (χ0n) is 13.6. The molecule has 0 saturated heterocycles. The molecule has 11 heteroatoms. The van der Waals surface area contributed by atoms with E-state index in [1.165, 1.54) is 0 Å². The summed E-state index contributed by atoms with van der Waals surface area (Å²) in [5.41, 5.74) is 0. The number of ether oxygens (including phenoxy) is 3. The van der Waals surface area contributed by atoms with Gasteiger partial charge in [0.15, 0.2) is 0 Å². The van der Waals surface area contributed by atoms with Crippen molar-refractivity contribution in [3.63, 3.8) is 0 Å². The van der Waals surface area contributed by atoms with Gasteiger partial charge in [-0.05, 0) is 20.0 Å². The highest BCUT2D eigenvalue weighted by Gasteiger charge is 2.22. The Balaban J connectivity index is 3.45. The van der Waals surface area contributed by atoms with Crippen molar-refractivity contribution in [1.29, 1.82) is 0 Å². The van der Waals surface area contributed by atoms with Gasteiger partial charge in [-0.2, -0.15) is 0 Å². The Hall–Kier alpha value is 0.180. The molecule has 0 saturated carbocycles. The van der Waals surface area contributed by atoms with Gasteiger partial charge in [-0.1, -0.05) is 7.60 Å². The number of rotatable bonds is 16. The van der Waals surface area contributed by atoms with E-state index in [-0.39, 0.29) is 32.6 Å². The molecule has 0 aliphatic heterocycles. The van der Waals surface area contributed by atoms with Crippen molar-refractivity contribution in [3.05, 3.63) is 0 Å². The fourth-order valence-corrected chi connectivity index (χ4v) is 3.28. The Morgan fingerprint density at radius 1 is 0.696 bits per heavy atom. The Morgan fingerprint density at radius 2 is 1.09 bits per heavy atom. The van der Waals surface area contributed by atoms with E-state index in [2.05, 4.69) is 0 Å². The molecule has 0 bridgehead atoms. The smallest absolute Gasteiger partial charge is 0.332 e. The average molecular weight is 376 g/mol. The summed E-state index contributed by atoms with van der Waals surface area (Å²) in [4.78, 5) is 20.7. The zero-order valence-corrected chi connectivity index (χ0v) is 15.4. The van der Waals surface area contributed by atoms with Crippen molar-refractivity contribution in [2.75, 3.05) is 65.2 Å². The summed E-state index contributed by atoms with van der Waals surface area (Å²) >= 11 is 0. The fraction of sp³-hybridized carbons (Fsp3) is 1.00. The molecule has 0 aliphatic carbocycles. The van der Waals surface area contributed by atoms with Gasteiger partial charge in [-0.3, -0.25) is 4.57 Å². The lowest BCUT2D eigenvalue weighted by Gasteiger charge is -2.28. The molecular formula is C12H26O9P2-2. The molecule has 0 fully saturated rings. The molecule has 0 aromatic carbocycles. The first-order chi connectivity index (χ1) is 10.8. The highest BCUT2D eigenvalue weighted by Crippen LogP contribution is 2.47. The predicted molar refractivity (Wildman–Crippen MR) is 80.7 cm³/mol. The van der Waals surface area contributed by atoms with Gasteiger partial charge in [-0.25, -0.2) is 0 Å². The molecule has 0 rings (SSSR count). The van der Waals surface area contributed by atoms with Crippen LogP contribution in [0.4, 0.5) is 0 Å². The van der Waals surface area contributed by atoms with Crippen LogP contribution in [0.2, 0.25) is 0 Å². The van der Waals surface area contributed by atoms with Gasteiger partial charge in [0.2, 0.25) is 0 Å². The van der Waals surface area contributed by atoms with Gasteiger partial charge >= 0.3 is 7.60 Å². The van der Waals surface area contributed by atoms with Gasteiger partial charge in [0.1, 0.15) is 0 Å².